The van der Waals surface area contributed by atoms with Gasteiger partial charge in [-0.05, 0) is 23.8 Å². The molecule has 4 rings (SSSR count). The van der Waals surface area contributed by atoms with Crippen molar-refractivity contribution >= 4 is 0 Å². The quantitative estimate of drug-likeness (QED) is 0.678. The van der Waals surface area contributed by atoms with E-state index in [4.69, 9.17) is 9.47 Å². The van der Waals surface area contributed by atoms with Crippen LogP contribution < -0.4 is 4.74 Å². The number of ether oxygens (including phenoxy) is 2. The Morgan fingerprint density at radius 2 is 2.00 bits per heavy atom. The number of epoxide rings is 1. The van der Waals surface area contributed by atoms with Gasteiger partial charge in [-0.2, -0.15) is 5.10 Å². The third-order valence-electron chi connectivity index (χ3n) is 3.51. The topological polar surface area (TPSA) is 52.5 Å². The summed E-state index contributed by atoms with van der Waals surface area (Å²) in [5.74, 6) is 0.751. The van der Waals surface area contributed by atoms with E-state index in [0.29, 0.717) is 13.2 Å². The molecule has 1 unspecified atom stereocenters. The first kappa shape index (κ1) is 13.0. The molecule has 1 aliphatic heterocycles. The SMILES string of the molecule is c1ccc(COc2ccc(-c3ccnn3C3CO3)nc2)cc1. The van der Waals surface area contributed by atoms with Gasteiger partial charge in [0.2, 0.25) is 0 Å². The maximum absolute atomic E-state index is 5.74. The summed E-state index contributed by atoms with van der Waals surface area (Å²) in [6.45, 7) is 1.25. The Morgan fingerprint density at radius 1 is 1.14 bits per heavy atom. The lowest BCUT2D eigenvalue weighted by Gasteiger charge is -2.07. The van der Waals surface area contributed by atoms with E-state index in [1.807, 2.05) is 53.2 Å². The summed E-state index contributed by atoms with van der Waals surface area (Å²) in [6.07, 6.45) is 3.56. The van der Waals surface area contributed by atoms with Crippen molar-refractivity contribution in [3.8, 4) is 17.1 Å². The van der Waals surface area contributed by atoms with Crippen molar-refractivity contribution in [1.82, 2.24) is 14.8 Å². The van der Waals surface area contributed by atoms with Gasteiger partial charge in [-0.25, -0.2) is 4.68 Å². The molecule has 0 aliphatic carbocycles. The van der Waals surface area contributed by atoms with Crippen molar-refractivity contribution in [2.75, 3.05) is 6.61 Å². The van der Waals surface area contributed by atoms with Gasteiger partial charge in [0.15, 0.2) is 6.23 Å². The molecular formula is C17H15N3O2. The van der Waals surface area contributed by atoms with Gasteiger partial charge in [0, 0.05) is 6.20 Å². The maximum atomic E-state index is 5.74. The molecule has 1 atom stereocenters. The van der Waals surface area contributed by atoms with Crippen molar-refractivity contribution in [3.63, 3.8) is 0 Å². The maximum Gasteiger partial charge on any atom is 0.174 e. The van der Waals surface area contributed by atoms with Crippen molar-refractivity contribution < 1.29 is 9.47 Å². The highest BCUT2D eigenvalue weighted by Crippen LogP contribution is 2.28. The van der Waals surface area contributed by atoms with Gasteiger partial charge >= 0.3 is 0 Å². The van der Waals surface area contributed by atoms with E-state index in [1.165, 1.54) is 0 Å². The van der Waals surface area contributed by atoms with Crippen LogP contribution in [0.15, 0.2) is 60.9 Å². The number of benzene rings is 1. The zero-order chi connectivity index (χ0) is 14.8. The fraction of sp³-hybridized carbons (Fsp3) is 0.176. The predicted molar refractivity (Wildman–Crippen MR) is 81.2 cm³/mol. The molecule has 2 aromatic heterocycles. The normalized spacial score (nSPS) is 16.5. The van der Waals surface area contributed by atoms with Crippen LogP contribution >= 0.6 is 0 Å². The zero-order valence-corrected chi connectivity index (χ0v) is 11.9. The smallest absolute Gasteiger partial charge is 0.174 e. The minimum Gasteiger partial charge on any atom is -0.487 e. The highest BCUT2D eigenvalue weighted by atomic mass is 16.6. The molecule has 0 spiro atoms. The lowest BCUT2D eigenvalue weighted by atomic mass is 10.2. The van der Waals surface area contributed by atoms with Gasteiger partial charge in [0.05, 0.1) is 24.2 Å². The fourth-order valence-corrected chi connectivity index (χ4v) is 2.29. The predicted octanol–water partition coefficient (Wildman–Crippen LogP) is 3.05. The molecule has 22 heavy (non-hydrogen) atoms. The second kappa shape index (κ2) is 5.61. The second-order valence-corrected chi connectivity index (χ2v) is 5.10. The molecule has 0 saturated carbocycles. The first-order valence-electron chi connectivity index (χ1n) is 7.18. The third-order valence-corrected chi connectivity index (χ3v) is 3.51. The molecule has 1 aromatic carbocycles. The van der Waals surface area contributed by atoms with Crippen LogP contribution in [-0.2, 0) is 11.3 Å². The molecule has 0 amide bonds. The average Bonchev–Trinajstić information content (AvgIpc) is 3.31. The van der Waals surface area contributed by atoms with Crippen LogP contribution in [0.5, 0.6) is 5.75 Å². The minimum atomic E-state index is 0.0563. The van der Waals surface area contributed by atoms with E-state index in [1.54, 1.807) is 12.4 Å². The molecule has 0 radical (unpaired) electrons. The number of pyridine rings is 1. The number of hydrogen-bond acceptors (Lipinski definition) is 4. The lowest BCUT2D eigenvalue weighted by Crippen LogP contribution is -2.01. The molecule has 1 fully saturated rings. The monoisotopic (exact) mass is 293 g/mol. The number of rotatable bonds is 5. The minimum absolute atomic E-state index is 0.0563. The van der Waals surface area contributed by atoms with E-state index in [0.717, 1.165) is 22.7 Å². The Balaban J connectivity index is 1.47. The van der Waals surface area contributed by atoms with E-state index in [2.05, 4.69) is 10.1 Å². The van der Waals surface area contributed by atoms with E-state index in [-0.39, 0.29) is 6.23 Å². The van der Waals surface area contributed by atoms with Gasteiger partial charge in [0.25, 0.3) is 0 Å². The van der Waals surface area contributed by atoms with Gasteiger partial charge in [-0.15, -0.1) is 0 Å². The summed E-state index contributed by atoms with van der Waals surface area (Å²) in [7, 11) is 0. The molecule has 5 heteroatoms. The van der Waals surface area contributed by atoms with E-state index < -0.39 is 0 Å². The van der Waals surface area contributed by atoms with Crippen LogP contribution in [0, 0.1) is 0 Å². The Hall–Kier alpha value is -2.66. The first-order valence-corrected chi connectivity index (χ1v) is 7.18. The number of hydrogen-bond donors (Lipinski definition) is 0. The summed E-state index contributed by atoms with van der Waals surface area (Å²) in [5, 5.41) is 4.27. The standard InChI is InChI=1S/C17H15N3O2/c1-2-4-13(5-3-1)11-21-14-6-7-15(18-10-14)16-8-9-19-20(16)17-12-22-17/h1-10,17H,11-12H2. The van der Waals surface area contributed by atoms with Crippen LogP contribution in [0.3, 0.4) is 0 Å². The molecular weight excluding hydrogens is 278 g/mol. The Kier molecular flexibility index (Phi) is 3.33. The van der Waals surface area contributed by atoms with Crippen LogP contribution in [0.4, 0.5) is 0 Å². The first-order chi connectivity index (χ1) is 10.9. The van der Waals surface area contributed by atoms with Crippen LogP contribution in [-0.4, -0.2) is 21.4 Å². The molecule has 1 aliphatic rings. The lowest BCUT2D eigenvalue weighted by molar-refractivity contribution is 0.305. The molecule has 3 aromatic rings. The Bertz CT molecular complexity index is 749. The zero-order valence-electron chi connectivity index (χ0n) is 11.9. The summed E-state index contributed by atoms with van der Waals surface area (Å²) < 4.78 is 12.9. The number of aromatic nitrogens is 3. The Morgan fingerprint density at radius 3 is 2.73 bits per heavy atom. The van der Waals surface area contributed by atoms with Gasteiger partial charge in [0.1, 0.15) is 12.4 Å². The molecule has 0 N–H and O–H groups in total. The van der Waals surface area contributed by atoms with Crippen molar-refractivity contribution in [1.29, 1.82) is 0 Å². The average molecular weight is 293 g/mol. The number of nitrogens with zero attached hydrogens (tertiary/aromatic N) is 3. The van der Waals surface area contributed by atoms with Gasteiger partial charge in [-0.1, -0.05) is 30.3 Å². The van der Waals surface area contributed by atoms with E-state index in [9.17, 15) is 0 Å². The summed E-state index contributed by atoms with van der Waals surface area (Å²) >= 11 is 0. The van der Waals surface area contributed by atoms with Crippen molar-refractivity contribution in [2.45, 2.75) is 12.8 Å². The van der Waals surface area contributed by atoms with Gasteiger partial charge < -0.3 is 9.47 Å². The highest BCUT2D eigenvalue weighted by Gasteiger charge is 2.28. The highest BCUT2D eigenvalue weighted by molar-refractivity contribution is 5.54. The van der Waals surface area contributed by atoms with Crippen molar-refractivity contribution in [2.24, 2.45) is 0 Å². The summed E-state index contributed by atoms with van der Waals surface area (Å²) in [6, 6.07) is 15.9. The third kappa shape index (κ3) is 2.71. The largest absolute Gasteiger partial charge is 0.487 e. The summed E-state index contributed by atoms with van der Waals surface area (Å²) in [5.41, 5.74) is 2.95. The molecule has 3 heterocycles. The Labute approximate surface area is 128 Å². The van der Waals surface area contributed by atoms with Crippen molar-refractivity contribution in [3.05, 3.63) is 66.5 Å². The van der Waals surface area contributed by atoms with E-state index >= 15 is 0 Å². The van der Waals surface area contributed by atoms with Crippen LogP contribution in [0.25, 0.3) is 11.4 Å². The molecule has 110 valence electrons. The van der Waals surface area contributed by atoms with Gasteiger partial charge in [-0.3, -0.25) is 4.98 Å². The molecule has 1 saturated heterocycles. The van der Waals surface area contributed by atoms with Crippen LogP contribution in [0.2, 0.25) is 0 Å². The fourth-order valence-electron chi connectivity index (χ4n) is 2.29. The van der Waals surface area contributed by atoms with Crippen LogP contribution in [0.1, 0.15) is 11.8 Å². The molecule has 0 bridgehead atoms. The molecule has 5 nitrogen and oxygen atoms in total. The summed E-state index contributed by atoms with van der Waals surface area (Å²) in [4.78, 5) is 4.46. The second-order valence-electron chi connectivity index (χ2n) is 5.10.